The van der Waals surface area contributed by atoms with Crippen LogP contribution in [-0.4, -0.2) is 54.7 Å². The van der Waals surface area contributed by atoms with Gasteiger partial charge in [-0.15, -0.1) is 0 Å². The Bertz CT molecular complexity index is 764. The van der Waals surface area contributed by atoms with Gasteiger partial charge in [-0.25, -0.2) is 0 Å². The van der Waals surface area contributed by atoms with E-state index in [1.165, 1.54) is 0 Å². The summed E-state index contributed by atoms with van der Waals surface area (Å²) in [5.41, 5.74) is 2.16. The fraction of sp³-hybridized carbons (Fsp3) is 0.444. The molecule has 1 N–H and O–H groups in total. The van der Waals surface area contributed by atoms with Crippen molar-refractivity contribution in [2.75, 3.05) is 38.8 Å². The van der Waals surface area contributed by atoms with Crippen LogP contribution >= 0.6 is 0 Å². The van der Waals surface area contributed by atoms with Gasteiger partial charge in [0.1, 0.15) is 18.2 Å². The maximum atomic E-state index is 11.9. The number of nitrogens with one attached hydrogen (secondary N) is 1. The molecular formula is C18H25N5O3. The van der Waals surface area contributed by atoms with E-state index in [0.29, 0.717) is 24.1 Å². The van der Waals surface area contributed by atoms with Crippen LogP contribution in [0.15, 0.2) is 18.2 Å². The van der Waals surface area contributed by atoms with Gasteiger partial charge in [0.25, 0.3) is 5.91 Å². The minimum Gasteiger partial charge on any atom is -0.484 e. The predicted octanol–water partition coefficient (Wildman–Crippen LogP) is 1.44. The highest BCUT2D eigenvalue weighted by Crippen LogP contribution is 2.18. The third-order valence-corrected chi connectivity index (χ3v) is 3.46. The predicted molar refractivity (Wildman–Crippen MR) is 98.8 cm³/mol. The van der Waals surface area contributed by atoms with Gasteiger partial charge in [-0.1, -0.05) is 17.7 Å². The zero-order valence-electron chi connectivity index (χ0n) is 15.9. The van der Waals surface area contributed by atoms with E-state index in [0.717, 1.165) is 11.1 Å². The summed E-state index contributed by atoms with van der Waals surface area (Å²) in [6.45, 7) is 6.28. The van der Waals surface area contributed by atoms with Crippen LogP contribution in [-0.2, 0) is 4.79 Å². The van der Waals surface area contributed by atoms with Gasteiger partial charge in [0.2, 0.25) is 5.95 Å². The highest BCUT2D eigenvalue weighted by Gasteiger charge is 2.08. The molecule has 1 aromatic heterocycles. The number of rotatable bonds is 8. The van der Waals surface area contributed by atoms with E-state index in [1.54, 1.807) is 11.8 Å². The molecule has 1 amide bonds. The molecule has 1 heterocycles. The van der Waals surface area contributed by atoms with Crippen LogP contribution in [0, 0.1) is 20.8 Å². The summed E-state index contributed by atoms with van der Waals surface area (Å²) >= 11 is 0. The summed E-state index contributed by atoms with van der Waals surface area (Å²) in [5, 5.41) is 2.74. The number of hydrogen-bond donors (Lipinski definition) is 1. The van der Waals surface area contributed by atoms with Crippen molar-refractivity contribution in [3.63, 3.8) is 0 Å². The van der Waals surface area contributed by atoms with Crippen LogP contribution in [0.3, 0.4) is 0 Å². The standard InChI is InChI=1S/C18H25N5O3/c1-12-6-7-15(13(2)10-12)26-11-16(24)19-8-9-25-18-21-14(3)20-17(22-18)23(4)5/h6-7,10H,8-9,11H2,1-5H3,(H,19,24). The molecule has 26 heavy (non-hydrogen) atoms. The second-order valence-corrected chi connectivity index (χ2v) is 6.12. The van der Waals surface area contributed by atoms with E-state index < -0.39 is 0 Å². The van der Waals surface area contributed by atoms with E-state index >= 15 is 0 Å². The van der Waals surface area contributed by atoms with Gasteiger partial charge < -0.3 is 19.7 Å². The molecule has 8 heteroatoms. The van der Waals surface area contributed by atoms with Gasteiger partial charge in [0.15, 0.2) is 6.61 Å². The van der Waals surface area contributed by atoms with Crippen molar-refractivity contribution in [3.05, 3.63) is 35.2 Å². The Kier molecular flexibility index (Phi) is 6.71. The summed E-state index contributed by atoms with van der Waals surface area (Å²) in [7, 11) is 3.68. The first kappa shape index (κ1) is 19.4. The summed E-state index contributed by atoms with van der Waals surface area (Å²) < 4.78 is 11.0. The minimum absolute atomic E-state index is 0.0421. The largest absolute Gasteiger partial charge is 0.484 e. The van der Waals surface area contributed by atoms with E-state index in [2.05, 4.69) is 20.3 Å². The van der Waals surface area contributed by atoms with Gasteiger partial charge in [-0.3, -0.25) is 4.79 Å². The molecule has 0 saturated heterocycles. The van der Waals surface area contributed by atoms with E-state index in [-0.39, 0.29) is 25.1 Å². The van der Waals surface area contributed by atoms with Crippen molar-refractivity contribution in [1.29, 1.82) is 0 Å². The Balaban J connectivity index is 1.73. The molecule has 0 aliphatic heterocycles. The van der Waals surface area contributed by atoms with Gasteiger partial charge in [0, 0.05) is 14.1 Å². The van der Waals surface area contributed by atoms with Gasteiger partial charge in [-0.2, -0.15) is 15.0 Å². The Morgan fingerprint density at radius 1 is 1.12 bits per heavy atom. The summed E-state index contributed by atoms with van der Waals surface area (Å²) in [4.78, 5) is 26.1. The van der Waals surface area contributed by atoms with E-state index in [9.17, 15) is 4.79 Å². The van der Waals surface area contributed by atoms with Crippen LogP contribution < -0.4 is 19.7 Å². The number of carbonyl (C=O) groups excluding carboxylic acids is 1. The first-order valence-corrected chi connectivity index (χ1v) is 8.34. The number of benzene rings is 1. The lowest BCUT2D eigenvalue weighted by Gasteiger charge is -2.12. The molecule has 0 fully saturated rings. The van der Waals surface area contributed by atoms with Crippen molar-refractivity contribution in [2.45, 2.75) is 20.8 Å². The molecule has 8 nitrogen and oxygen atoms in total. The molecule has 140 valence electrons. The van der Waals surface area contributed by atoms with Gasteiger partial charge in [0.05, 0.1) is 6.54 Å². The minimum atomic E-state index is -0.214. The van der Waals surface area contributed by atoms with Crippen LogP contribution in [0.2, 0.25) is 0 Å². The lowest BCUT2D eigenvalue weighted by atomic mass is 10.1. The van der Waals surface area contributed by atoms with Crippen LogP contribution in [0.4, 0.5) is 5.95 Å². The zero-order chi connectivity index (χ0) is 19.1. The van der Waals surface area contributed by atoms with Crippen molar-refractivity contribution < 1.29 is 14.3 Å². The molecule has 2 rings (SSSR count). The van der Waals surface area contributed by atoms with Crippen molar-refractivity contribution >= 4 is 11.9 Å². The van der Waals surface area contributed by atoms with Crippen LogP contribution in [0.5, 0.6) is 11.8 Å². The second-order valence-electron chi connectivity index (χ2n) is 6.12. The molecule has 2 aromatic rings. The average molecular weight is 359 g/mol. The topological polar surface area (TPSA) is 89.5 Å². The van der Waals surface area contributed by atoms with Crippen molar-refractivity contribution in [2.24, 2.45) is 0 Å². The Morgan fingerprint density at radius 2 is 1.88 bits per heavy atom. The number of aryl methyl sites for hydroxylation is 3. The lowest BCUT2D eigenvalue weighted by Crippen LogP contribution is -2.32. The summed E-state index contributed by atoms with van der Waals surface area (Å²) in [6, 6.07) is 6.07. The number of carbonyl (C=O) groups is 1. The highest BCUT2D eigenvalue weighted by atomic mass is 16.5. The van der Waals surface area contributed by atoms with Crippen LogP contribution in [0.1, 0.15) is 17.0 Å². The van der Waals surface area contributed by atoms with Crippen molar-refractivity contribution in [1.82, 2.24) is 20.3 Å². The normalized spacial score (nSPS) is 10.3. The van der Waals surface area contributed by atoms with E-state index in [4.69, 9.17) is 9.47 Å². The number of amides is 1. The number of nitrogens with zero attached hydrogens (tertiary/aromatic N) is 4. The average Bonchev–Trinajstić information content (AvgIpc) is 2.57. The highest BCUT2D eigenvalue weighted by molar-refractivity contribution is 5.77. The summed E-state index contributed by atoms with van der Waals surface area (Å²) in [5.74, 6) is 1.59. The molecule has 0 spiro atoms. The van der Waals surface area contributed by atoms with E-state index in [1.807, 2.05) is 46.1 Å². The summed E-state index contributed by atoms with van der Waals surface area (Å²) in [6.07, 6.45) is 0. The smallest absolute Gasteiger partial charge is 0.321 e. The monoisotopic (exact) mass is 359 g/mol. The van der Waals surface area contributed by atoms with Crippen LogP contribution in [0.25, 0.3) is 0 Å². The number of anilines is 1. The molecular weight excluding hydrogens is 334 g/mol. The molecule has 0 aliphatic rings. The first-order chi connectivity index (χ1) is 12.3. The third-order valence-electron chi connectivity index (χ3n) is 3.46. The third kappa shape index (κ3) is 5.87. The number of hydrogen-bond acceptors (Lipinski definition) is 7. The Hall–Kier alpha value is -2.90. The van der Waals surface area contributed by atoms with Gasteiger partial charge >= 0.3 is 6.01 Å². The SMILES string of the molecule is Cc1ccc(OCC(=O)NCCOc2nc(C)nc(N(C)C)n2)c(C)c1. The quantitative estimate of drug-likeness (QED) is 0.713. The number of ether oxygens (including phenoxy) is 2. The molecule has 0 radical (unpaired) electrons. The molecule has 0 unspecified atom stereocenters. The first-order valence-electron chi connectivity index (χ1n) is 8.34. The Labute approximate surface area is 153 Å². The lowest BCUT2D eigenvalue weighted by molar-refractivity contribution is -0.123. The fourth-order valence-corrected chi connectivity index (χ4v) is 2.20. The Morgan fingerprint density at radius 3 is 2.58 bits per heavy atom. The maximum absolute atomic E-state index is 11.9. The van der Waals surface area contributed by atoms with Crippen molar-refractivity contribution in [3.8, 4) is 11.8 Å². The molecule has 0 saturated carbocycles. The second kappa shape index (κ2) is 8.98. The van der Waals surface area contributed by atoms with Gasteiger partial charge in [-0.05, 0) is 32.4 Å². The number of aromatic nitrogens is 3. The molecule has 0 bridgehead atoms. The zero-order valence-corrected chi connectivity index (χ0v) is 15.9. The molecule has 0 aliphatic carbocycles. The molecule has 0 atom stereocenters. The maximum Gasteiger partial charge on any atom is 0.321 e. The fourth-order valence-electron chi connectivity index (χ4n) is 2.20. The molecule has 1 aromatic carbocycles.